The summed E-state index contributed by atoms with van der Waals surface area (Å²) in [6.07, 6.45) is 3.22. The molecule has 2 rings (SSSR count). The molecule has 1 aromatic heterocycles. The van der Waals surface area contributed by atoms with E-state index in [2.05, 4.69) is 10.3 Å². The maximum atomic E-state index is 13.2. The largest absolute Gasteiger partial charge is 0.314 e. The number of aromatic nitrogens is 1. The summed E-state index contributed by atoms with van der Waals surface area (Å²) in [6, 6.07) is 0.138. The van der Waals surface area contributed by atoms with Gasteiger partial charge >= 0.3 is 0 Å². The lowest BCUT2D eigenvalue weighted by atomic mass is 9.95. The van der Waals surface area contributed by atoms with Crippen molar-refractivity contribution in [3.05, 3.63) is 16.6 Å². The minimum Gasteiger partial charge on any atom is -0.314 e. The second-order valence-corrected chi connectivity index (χ2v) is 5.63. The standard InChI is InChI=1S/C12H18F2N2S/c1-2-15-10(7-11-16-5-6-17-11)9-3-4-12(13,14)8-9/h5-6,9-10,15H,2-4,7-8H2,1H3. The van der Waals surface area contributed by atoms with Crippen molar-refractivity contribution in [2.24, 2.45) is 5.92 Å². The third-order valence-electron chi connectivity index (χ3n) is 3.36. The van der Waals surface area contributed by atoms with E-state index in [1.54, 1.807) is 17.5 Å². The number of nitrogens with one attached hydrogen (secondary N) is 1. The van der Waals surface area contributed by atoms with Crippen molar-refractivity contribution < 1.29 is 8.78 Å². The lowest BCUT2D eigenvalue weighted by Crippen LogP contribution is -2.37. The Morgan fingerprint density at radius 3 is 3.00 bits per heavy atom. The van der Waals surface area contributed by atoms with Gasteiger partial charge in [-0.05, 0) is 18.9 Å². The molecule has 1 aliphatic rings. The fraction of sp³-hybridized carbons (Fsp3) is 0.750. The van der Waals surface area contributed by atoms with Crippen molar-refractivity contribution in [1.82, 2.24) is 10.3 Å². The van der Waals surface area contributed by atoms with Gasteiger partial charge in [-0.15, -0.1) is 11.3 Å². The lowest BCUT2D eigenvalue weighted by molar-refractivity contribution is 0.00332. The minimum absolute atomic E-state index is 0.0239. The van der Waals surface area contributed by atoms with Crippen LogP contribution in [0.4, 0.5) is 8.78 Å². The quantitative estimate of drug-likeness (QED) is 0.880. The van der Waals surface area contributed by atoms with E-state index in [1.807, 2.05) is 12.3 Å². The molecule has 2 nitrogen and oxygen atoms in total. The van der Waals surface area contributed by atoms with Gasteiger partial charge in [0.15, 0.2) is 0 Å². The van der Waals surface area contributed by atoms with Gasteiger partial charge in [0, 0.05) is 36.9 Å². The average molecular weight is 260 g/mol. The fourth-order valence-electron chi connectivity index (χ4n) is 2.54. The molecule has 1 fully saturated rings. The zero-order valence-corrected chi connectivity index (χ0v) is 10.8. The molecule has 2 atom stereocenters. The van der Waals surface area contributed by atoms with Gasteiger partial charge in [-0.25, -0.2) is 13.8 Å². The molecule has 2 unspecified atom stereocenters. The van der Waals surface area contributed by atoms with Crippen LogP contribution in [0.1, 0.15) is 31.2 Å². The SMILES string of the molecule is CCNC(Cc1nccs1)C1CCC(F)(F)C1. The lowest BCUT2D eigenvalue weighted by Gasteiger charge is -2.23. The molecule has 0 radical (unpaired) electrons. The summed E-state index contributed by atoms with van der Waals surface area (Å²) in [7, 11) is 0. The van der Waals surface area contributed by atoms with E-state index >= 15 is 0 Å². The van der Waals surface area contributed by atoms with E-state index in [-0.39, 0.29) is 24.8 Å². The Morgan fingerprint density at radius 1 is 1.65 bits per heavy atom. The Morgan fingerprint density at radius 2 is 2.47 bits per heavy atom. The van der Waals surface area contributed by atoms with Crippen LogP contribution in [0.5, 0.6) is 0 Å². The number of likely N-dealkylation sites (N-methyl/N-ethyl adjacent to an activating group) is 1. The first kappa shape index (κ1) is 12.9. The number of nitrogens with zero attached hydrogens (tertiary/aromatic N) is 1. The number of alkyl halides is 2. The summed E-state index contributed by atoms with van der Waals surface area (Å²) in [6.45, 7) is 2.83. The van der Waals surface area contributed by atoms with Crippen LogP contribution in [0.2, 0.25) is 0 Å². The molecule has 17 heavy (non-hydrogen) atoms. The molecule has 0 amide bonds. The molecule has 96 valence electrons. The van der Waals surface area contributed by atoms with Crippen molar-refractivity contribution >= 4 is 11.3 Å². The zero-order valence-electron chi connectivity index (χ0n) is 9.96. The van der Waals surface area contributed by atoms with Crippen LogP contribution in [0, 0.1) is 5.92 Å². The zero-order chi connectivity index (χ0) is 12.3. The highest BCUT2D eigenvalue weighted by atomic mass is 32.1. The third-order valence-corrected chi connectivity index (χ3v) is 4.16. The summed E-state index contributed by atoms with van der Waals surface area (Å²) in [5, 5.41) is 6.30. The van der Waals surface area contributed by atoms with Crippen molar-refractivity contribution in [3.63, 3.8) is 0 Å². The Kier molecular flexibility index (Phi) is 4.09. The van der Waals surface area contributed by atoms with Gasteiger partial charge in [-0.1, -0.05) is 6.92 Å². The first-order valence-electron chi connectivity index (χ1n) is 6.10. The van der Waals surface area contributed by atoms with Crippen LogP contribution < -0.4 is 5.32 Å². The minimum atomic E-state index is -2.46. The van der Waals surface area contributed by atoms with Gasteiger partial charge in [-0.2, -0.15) is 0 Å². The van der Waals surface area contributed by atoms with Crippen LogP contribution in [-0.2, 0) is 6.42 Å². The van der Waals surface area contributed by atoms with Gasteiger partial charge in [0.2, 0.25) is 5.92 Å². The summed E-state index contributed by atoms with van der Waals surface area (Å²) >= 11 is 1.60. The smallest absolute Gasteiger partial charge is 0.248 e. The summed E-state index contributed by atoms with van der Waals surface area (Å²) in [5.74, 6) is -2.38. The van der Waals surface area contributed by atoms with Crippen LogP contribution in [0.15, 0.2) is 11.6 Å². The Hall–Kier alpha value is -0.550. The van der Waals surface area contributed by atoms with Crippen molar-refractivity contribution in [2.75, 3.05) is 6.54 Å². The molecular weight excluding hydrogens is 242 g/mol. The van der Waals surface area contributed by atoms with Crippen molar-refractivity contribution in [3.8, 4) is 0 Å². The number of hydrogen-bond acceptors (Lipinski definition) is 3. The molecule has 0 bridgehead atoms. The number of rotatable bonds is 5. The maximum absolute atomic E-state index is 13.2. The summed E-state index contributed by atoms with van der Waals surface area (Å²) < 4.78 is 26.5. The Balaban J connectivity index is 1.97. The Labute approximate surface area is 104 Å². The second-order valence-electron chi connectivity index (χ2n) is 4.65. The van der Waals surface area contributed by atoms with E-state index < -0.39 is 5.92 Å². The molecule has 0 aliphatic heterocycles. The van der Waals surface area contributed by atoms with E-state index in [0.29, 0.717) is 6.42 Å². The molecular formula is C12H18F2N2S. The van der Waals surface area contributed by atoms with Crippen LogP contribution in [-0.4, -0.2) is 23.5 Å². The molecule has 0 spiro atoms. The van der Waals surface area contributed by atoms with Gasteiger partial charge in [-0.3, -0.25) is 0 Å². The van der Waals surface area contributed by atoms with Crippen LogP contribution in [0.3, 0.4) is 0 Å². The number of hydrogen-bond donors (Lipinski definition) is 1. The molecule has 1 N–H and O–H groups in total. The van der Waals surface area contributed by atoms with Crippen LogP contribution >= 0.6 is 11.3 Å². The predicted molar refractivity (Wildman–Crippen MR) is 65.6 cm³/mol. The molecule has 0 saturated heterocycles. The summed E-state index contributed by atoms with van der Waals surface area (Å²) in [4.78, 5) is 4.24. The maximum Gasteiger partial charge on any atom is 0.248 e. The second kappa shape index (κ2) is 5.40. The monoisotopic (exact) mass is 260 g/mol. The van der Waals surface area contributed by atoms with Crippen molar-refractivity contribution in [2.45, 2.75) is 44.6 Å². The molecule has 1 heterocycles. The molecule has 1 saturated carbocycles. The van der Waals surface area contributed by atoms with Gasteiger partial charge in [0.1, 0.15) is 0 Å². The highest BCUT2D eigenvalue weighted by Crippen LogP contribution is 2.40. The average Bonchev–Trinajstić information content (AvgIpc) is 2.87. The summed E-state index contributed by atoms with van der Waals surface area (Å²) in [5.41, 5.74) is 0. The van der Waals surface area contributed by atoms with E-state index in [1.165, 1.54) is 0 Å². The van der Waals surface area contributed by atoms with E-state index in [0.717, 1.165) is 18.0 Å². The van der Waals surface area contributed by atoms with Gasteiger partial charge in [0.25, 0.3) is 0 Å². The van der Waals surface area contributed by atoms with Crippen molar-refractivity contribution in [1.29, 1.82) is 0 Å². The third kappa shape index (κ3) is 3.45. The molecule has 0 aromatic carbocycles. The normalized spacial score (nSPS) is 25.0. The molecule has 1 aliphatic carbocycles. The fourth-order valence-corrected chi connectivity index (χ4v) is 3.21. The molecule has 1 aromatic rings. The van der Waals surface area contributed by atoms with E-state index in [9.17, 15) is 8.78 Å². The first-order valence-corrected chi connectivity index (χ1v) is 6.98. The molecule has 5 heteroatoms. The highest BCUT2D eigenvalue weighted by molar-refractivity contribution is 7.09. The number of halogens is 2. The number of thiazole rings is 1. The van der Waals surface area contributed by atoms with E-state index in [4.69, 9.17) is 0 Å². The Bertz CT molecular complexity index is 340. The van der Waals surface area contributed by atoms with Gasteiger partial charge < -0.3 is 5.32 Å². The first-order chi connectivity index (χ1) is 8.11. The van der Waals surface area contributed by atoms with Crippen LogP contribution in [0.25, 0.3) is 0 Å². The van der Waals surface area contributed by atoms with Gasteiger partial charge in [0.05, 0.1) is 5.01 Å². The highest BCUT2D eigenvalue weighted by Gasteiger charge is 2.42. The topological polar surface area (TPSA) is 24.9 Å². The predicted octanol–water partition coefficient (Wildman–Crippen LogP) is 3.10.